The second-order valence-corrected chi connectivity index (χ2v) is 10.2. The van der Waals surface area contributed by atoms with Crippen molar-refractivity contribution in [2.75, 3.05) is 5.32 Å². The van der Waals surface area contributed by atoms with Crippen molar-refractivity contribution < 1.29 is 4.42 Å². The molecule has 0 unspecified atom stereocenters. The molecule has 1 N–H and O–H groups in total. The van der Waals surface area contributed by atoms with Crippen molar-refractivity contribution >= 4 is 16.7 Å². The quantitative estimate of drug-likeness (QED) is 0.232. The van der Waals surface area contributed by atoms with Crippen LogP contribution in [0.15, 0.2) is 112 Å². The van der Waals surface area contributed by atoms with E-state index in [1.165, 1.54) is 0 Å². The molecule has 0 aliphatic heterocycles. The third-order valence-corrected chi connectivity index (χ3v) is 7.20. The first kappa shape index (κ1) is 25.3. The van der Waals surface area contributed by atoms with Crippen LogP contribution in [0.1, 0.15) is 35.2 Å². The lowest BCUT2D eigenvalue weighted by molar-refractivity contribution is 0.605. The number of hydrogen-bond donors (Lipinski definition) is 1. The number of benzene rings is 4. The van der Waals surface area contributed by atoms with Crippen LogP contribution in [0, 0.1) is 13.8 Å². The fraction of sp³-hybridized carbons (Fsp3) is 0.147. The molecule has 6 aromatic rings. The van der Waals surface area contributed by atoms with Crippen LogP contribution in [0.25, 0.3) is 33.6 Å². The van der Waals surface area contributed by atoms with Gasteiger partial charge < -0.3 is 9.73 Å². The molecule has 0 fully saturated rings. The summed E-state index contributed by atoms with van der Waals surface area (Å²) in [5, 5.41) is 13.1. The summed E-state index contributed by atoms with van der Waals surface area (Å²) in [7, 11) is 0. The van der Waals surface area contributed by atoms with E-state index in [1.54, 1.807) is 0 Å². The lowest BCUT2D eigenvalue weighted by Gasteiger charge is -2.20. The second kappa shape index (κ2) is 10.7. The molecule has 6 rings (SSSR count). The first-order valence-corrected chi connectivity index (χ1v) is 13.4. The fourth-order valence-electron chi connectivity index (χ4n) is 5.17. The van der Waals surface area contributed by atoms with E-state index in [-0.39, 0.29) is 11.5 Å². The molecule has 2 aromatic heterocycles. The molecule has 0 radical (unpaired) electrons. The van der Waals surface area contributed by atoms with Gasteiger partial charge in [0.15, 0.2) is 5.43 Å². The molecule has 6 heteroatoms. The van der Waals surface area contributed by atoms with E-state index >= 15 is 0 Å². The monoisotopic (exact) mass is 526 g/mol. The van der Waals surface area contributed by atoms with Crippen molar-refractivity contribution in [3.63, 3.8) is 0 Å². The Morgan fingerprint density at radius 3 is 2.38 bits per heavy atom. The lowest BCUT2D eigenvalue weighted by Crippen LogP contribution is -2.12. The number of aryl methyl sites for hydroxylation is 1. The van der Waals surface area contributed by atoms with Gasteiger partial charge in [0, 0.05) is 27.9 Å². The molecule has 0 saturated heterocycles. The second-order valence-electron chi connectivity index (χ2n) is 10.2. The number of rotatable bonds is 7. The minimum Gasteiger partial charge on any atom is -0.455 e. The van der Waals surface area contributed by atoms with E-state index in [1.807, 2.05) is 104 Å². The molecule has 2 heterocycles. The van der Waals surface area contributed by atoms with E-state index in [4.69, 9.17) is 4.42 Å². The molecule has 0 bridgehead atoms. The Kier molecular flexibility index (Phi) is 6.74. The number of anilines is 1. The van der Waals surface area contributed by atoms with Crippen molar-refractivity contribution in [2.24, 2.45) is 0 Å². The summed E-state index contributed by atoms with van der Waals surface area (Å²) in [5.41, 5.74) is 7.85. The van der Waals surface area contributed by atoms with E-state index in [0.717, 1.165) is 39.2 Å². The highest BCUT2D eigenvalue weighted by Crippen LogP contribution is 2.34. The summed E-state index contributed by atoms with van der Waals surface area (Å²) in [6.45, 7) is 6.57. The SMILES string of the molecule is Cc1cc([C@@H](C)Nc2ccccc2-c2cn(Cc3ccccc3)nn2)c2oc(-c3ccccc3)c(C)c(=O)c2c1. The predicted octanol–water partition coefficient (Wildman–Crippen LogP) is 7.56. The van der Waals surface area contributed by atoms with Crippen LogP contribution in [0.2, 0.25) is 0 Å². The van der Waals surface area contributed by atoms with E-state index in [0.29, 0.717) is 28.8 Å². The predicted molar refractivity (Wildman–Crippen MR) is 160 cm³/mol. The average Bonchev–Trinajstić information content (AvgIpc) is 3.44. The molecule has 0 aliphatic rings. The molecule has 40 heavy (non-hydrogen) atoms. The molecular weight excluding hydrogens is 496 g/mol. The highest BCUT2D eigenvalue weighted by atomic mass is 16.3. The Morgan fingerprint density at radius 1 is 0.900 bits per heavy atom. The standard InChI is InChI=1S/C34H30N4O2/c1-22-18-28(34-29(19-22)32(39)23(2)33(40-34)26-14-8-5-9-15-26)24(3)35-30-17-11-10-16-27(30)31-21-38(37-36-31)20-25-12-6-4-7-13-25/h4-19,21,24,35H,20H2,1-3H3/t24-/m1/s1. The van der Waals surface area contributed by atoms with Gasteiger partial charge >= 0.3 is 0 Å². The molecule has 6 nitrogen and oxygen atoms in total. The minimum absolute atomic E-state index is 0.00677. The molecule has 0 saturated carbocycles. The average molecular weight is 527 g/mol. The van der Waals surface area contributed by atoms with Crippen molar-refractivity contribution in [2.45, 2.75) is 33.4 Å². The van der Waals surface area contributed by atoms with Crippen LogP contribution in [0.4, 0.5) is 5.69 Å². The van der Waals surface area contributed by atoms with Crippen molar-refractivity contribution in [3.05, 3.63) is 136 Å². The topological polar surface area (TPSA) is 73.0 Å². The molecule has 0 amide bonds. The van der Waals surface area contributed by atoms with Crippen LogP contribution >= 0.6 is 0 Å². The first-order chi connectivity index (χ1) is 19.5. The van der Waals surface area contributed by atoms with Gasteiger partial charge in [-0.25, -0.2) is 4.68 Å². The van der Waals surface area contributed by atoms with Crippen LogP contribution in [0.3, 0.4) is 0 Å². The summed E-state index contributed by atoms with van der Waals surface area (Å²) in [5.74, 6) is 0.603. The maximum atomic E-state index is 13.5. The summed E-state index contributed by atoms with van der Waals surface area (Å²) in [6.07, 6.45) is 1.97. The Labute approximate surface area is 232 Å². The number of fused-ring (bicyclic) bond motifs is 1. The van der Waals surface area contributed by atoms with Gasteiger partial charge in [0.1, 0.15) is 17.0 Å². The van der Waals surface area contributed by atoms with Gasteiger partial charge in [-0.1, -0.05) is 90.1 Å². The van der Waals surface area contributed by atoms with E-state index in [2.05, 4.69) is 40.8 Å². The van der Waals surface area contributed by atoms with Gasteiger partial charge in [-0.05, 0) is 44.0 Å². The van der Waals surface area contributed by atoms with Gasteiger partial charge in [-0.3, -0.25) is 4.79 Å². The van der Waals surface area contributed by atoms with Crippen molar-refractivity contribution in [3.8, 4) is 22.6 Å². The van der Waals surface area contributed by atoms with E-state index < -0.39 is 0 Å². The number of nitrogens with one attached hydrogen (secondary N) is 1. The zero-order valence-electron chi connectivity index (χ0n) is 22.8. The highest BCUT2D eigenvalue weighted by molar-refractivity contribution is 5.85. The lowest BCUT2D eigenvalue weighted by atomic mass is 9.98. The Bertz CT molecular complexity index is 1860. The van der Waals surface area contributed by atoms with E-state index in [9.17, 15) is 4.79 Å². The zero-order valence-corrected chi connectivity index (χ0v) is 22.8. The summed E-state index contributed by atoms with van der Waals surface area (Å²) in [4.78, 5) is 13.5. The fourth-order valence-corrected chi connectivity index (χ4v) is 5.17. The minimum atomic E-state index is -0.155. The number of aromatic nitrogens is 3. The highest BCUT2D eigenvalue weighted by Gasteiger charge is 2.20. The smallest absolute Gasteiger partial charge is 0.196 e. The van der Waals surface area contributed by atoms with Gasteiger partial charge in [0.05, 0.1) is 24.2 Å². The number of nitrogens with zero attached hydrogens (tertiary/aromatic N) is 3. The summed E-state index contributed by atoms with van der Waals surface area (Å²) in [6, 6.07) is 31.9. The van der Waals surface area contributed by atoms with Crippen LogP contribution < -0.4 is 10.7 Å². The molecule has 4 aromatic carbocycles. The van der Waals surface area contributed by atoms with Crippen LogP contribution in [-0.2, 0) is 6.54 Å². The van der Waals surface area contributed by atoms with Crippen molar-refractivity contribution in [1.29, 1.82) is 0 Å². The molecule has 198 valence electrons. The normalized spacial score (nSPS) is 12.0. The summed E-state index contributed by atoms with van der Waals surface area (Å²) >= 11 is 0. The molecule has 1 atom stereocenters. The maximum Gasteiger partial charge on any atom is 0.196 e. The first-order valence-electron chi connectivity index (χ1n) is 13.4. The Hall–Kier alpha value is -4.97. The number of hydrogen-bond acceptors (Lipinski definition) is 5. The van der Waals surface area contributed by atoms with Gasteiger partial charge in [-0.15, -0.1) is 5.10 Å². The largest absolute Gasteiger partial charge is 0.455 e. The Balaban J connectivity index is 1.37. The maximum absolute atomic E-state index is 13.5. The van der Waals surface area contributed by atoms with Crippen LogP contribution in [0.5, 0.6) is 0 Å². The van der Waals surface area contributed by atoms with Gasteiger partial charge in [0.2, 0.25) is 0 Å². The van der Waals surface area contributed by atoms with Gasteiger partial charge in [-0.2, -0.15) is 0 Å². The van der Waals surface area contributed by atoms with Crippen molar-refractivity contribution in [1.82, 2.24) is 15.0 Å². The molecular formula is C34H30N4O2. The summed E-state index contributed by atoms with van der Waals surface area (Å²) < 4.78 is 8.36. The van der Waals surface area contributed by atoms with Gasteiger partial charge in [0.25, 0.3) is 0 Å². The molecule has 0 spiro atoms. The molecule has 0 aliphatic carbocycles. The third kappa shape index (κ3) is 4.92. The third-order valence-electron chi connectivity index (χ3n) is 7.20. The van der Waals surface area contributed by atoms with Crippen LogP contribution in [-0.4, -0.2) is 15.0 Å². The zero-order chi connectivity index (χ0) is 27.6. The Morgan fingerprint density at radius 2 is 1.60 bits per heavy atom. The number of para-hydroxylation sites is 1.